The Labute approximate surface area is 222 Å². The van der Waals surface area contributed by atoms with E-state index in [1.807, 2.05) is 13.0 Å². The van der Waals surface area contributed by atoms with Crippen LogP contribution in [0.25, 0.3) is 0 Å². The van der Waals surface area contributed by atoms with E-state index in [9.17, 15) is 9.59 Å². The Morgan fingerprint density at radius 2 is 1.67 bits per heavy atom. The van der Waals surface area contributed by atoms with Crippen LogP contribution in [0.3, 0.4) is 0 Å². The molecule has 192 valence electrons. The van der Waals surface area contributed by atoms with Crippen molar-refractivity contribution in [1.82, 2.24) is 20.0 Å². The molecule has 0 unspecified atom stereocenters. The third kappa shape index (κ3) is 6.03. The molecular formula is C27H32Cl2N4O3. The van der Waals surface area contributed by atoms with Gasteiger partial charge >= 0.3 is 12.0 Å². The molecular weight excluding hydrogens is 499 g/mol. The molecule has 0 radical (unpaired) electrons. The Hall–Kier alpha value is -2.58. The molecule has 2 aliphatic heterocycles. The van der Waals surface area contributed by atoms with Gasteiger partial charge in [0.05, 0.1) is 18.2 Å². The number of piperazine rings is 1. The maximum absolute atomic E-state index is 13.3. The number of amides is 2. The molecule has 0 aliphatic carbocycles. The normalized spacial score (nSPS) is 19.4. The molecule has 1 fully saturated rings. The van der Waals surface area contributed by atoms with Gasteiger partial charge in [0.25, 0.3) is 0 Å². The number of esters is 1. The standard InChI is InChI=1S/C27H32Cl2N4O3/c1-3-33-23(18-32-14-12-31(13-15-32)17-19-8-6-5-7-9-19)24(26(34)36-4-2)25(30-27(33)35)21-11-10-20(28)16-22(21)29/h5-11,16,25H,3-4,12-15,17-18H2,1-2H3,(H,30,35)/t25-/m1/s1. The smallest absolute Gasteiger partial charge is 0.338 e. The van der Waals surface area contributed by atoms with Gasteiger partial charge < -0.3 is 10.1 Å². The highest BCUT2D eigenvalue weighted by atomic mass is 35.5. The number of rotatable bonds is 8. The van der Waals surface area contributed by atoms with E-state index in [0.717, 1.165) is 32.7 Å². The minimum Gasteiger partial charge on any atom is -0.463 e. The summed E-state index contributed by atoms with van der Waals surface area (Å²) >= 11 is 12.6. The number of hydrogen-bond acceptors (Lipinski definition) is 5. The average Bonchev–Trinajstić information content (AvgIpc) is 2.86. The summed E-state index contributed by atoms with van der Waals surface area (Å²) in [7, 11) is 0. The first-order valence-electron chi connectivity index (χ1n) is 12.3. The first-order chi connectivity index (χ1) is 17.4. The van der Waals surface area contributed by atoms with E-state index >= 15 is 0 Å². The molecule has 2 aliphatic rings. The third-order valence-corrected chi connectivity index (χ3v) is 7.17. The highest BCUT2D eigenvalue weighted by Gasteiger charge is 2.39. The average molecular weight is 531 g/mol. The molecule has 0 saturated carbocycles. The fraction of sp³-hybridized carbons (Fsp3) is 0.407. The molecule has 9 heteroatoms. The Kier molecular flexibility index (Phi) is 8.90. The van der Waals surface area contributed by atoms with Crippen LogP contribution < -0.4 is 5.32 Å². The summed E-state index contributed by atoms with van der Waals surface area (Å²) in [6.45, 7) is 9.18. The molecule has 7 nitrogen and oxygen atoms in total. The van der Waals surface area contributed by atoms with E-state index in [0.29, 0.717) is 40.0 Å². The van der Waals surface area contributed by atoms with Crippen molar-refractivity contribution in [3.8, 4) is 0 Å². The molecule has 0 spiro atoms. The molecule has 2 aromatic rings. The number of hydrogen-bond donors (Lipinski definition) is 1. The number of carbonyl (C=O) groups is 2. The predicted octanol–water partition coefficient (Wildman–Crippen LogP) is 4.71. The first-order valence-corrected chi connectivity index (χ1v) is 13.1. The van der Waals surface area contributed by atoms with Crippen molar-refractivity contribution in [1.29, 1.82) is 0 Å². The second kappa shape index (κ2) is 12.1. The number of urea groups is 1. The van der Waals surface area contributed by atoms with Crippen LogP contribution in [0.1, 0.15) is 31.0 Å². The van der Waals surface area contributed by atoms with Crippen LogP contribution in [0, 0.1) is 0 Å². The topological polar surface area (TPSA) is 65.1 Å². The lowest BCUT2D eigenvalue weighted by Crippen LogP contribution is -2.53. The van der Waals surface area contributed by atoms with E-state index < -0.39 is 12.0 Å². The Morgan fingerprint density at radius 1 is 1.00 bits per heavy atom. The number of halogens is 2. The van der Waals surface area contributed by atoms with Crippen molar-refractivity contribution in [2.75, 3.05) is 45.9 Å². The van der Waals surface area contributed by atoms with E-state index in [4.69, 9.17) is 27.9 Å². The highest BCUT2D eigenvalue weighted by Crippen LogP contribution is 2.36. The van der Waals surface area contributed by atoms with Crippen molar-refractivity contribution in [3.63, 3.8) is 0 Å². The molecule has 1 saturated heterocycles. The number of carbonyl (C=O) groups excluding carboxylic acids is 2. The molecule has 4 rings (SSSR count). The van der Waals surface area contributed by atoms with Crippen LogP contribution in [0.15, 0.2) is 59.8 Å². The van der Waals surface area contributed by atoms with Gasteiger partial charge in [-0.25, -0.2) is 9.59 Å². The van der Waals surface area contributed by atoms with Crippen LogP contribution in [-0.4, -0.2) is 72.6 Å². The zero-order valence-electron chi connectivity index (χ0n) is 20.7. The van der Waals surface area contributed by atoms with E-state index in [1.165, 1.54) is 5.56 Å². The molecule has 1 N–H and O–H groups in total. The summed E-state index contributed by atoms with van der Waals surface area (Å²) in [6.07, 6.45) is 0. The minimum absolute atomic E-state index is 0.231. The lowest BCUT2D eigenvalue weighted by atomic mass is 9.94. The number of nitrogens with zero attached hydrogens (tertiary/aromatic N) is 3. The van der Waals surface area contributed by atoms with Gasteiger partial charge in [-0.05, 0) is 37.1 Å². The quantitative estimate of drug-likeness (QED) is 0.500. The summed E-state index contributed by atoms with van der Waals surface area (Å²) in [4.78, 5) is 32.8. The monoisotopic (exact) mass is 530 g/mol. The minimum atomic E-state index is -0.724. The molecule has 1 atom stereocenters. The zero-order valence-corrected chi connectivity index (χ0v) is 22.2. The van der Waals surface area contributed by atoms with E-state index in [2.05, 4.69) is 39.4 Å². The van der Waals surface area contributed by atoms with Crippen molar-refractivity contribution < 1.29 is 14.3 Å². The fourth-order valence-corrected chi connectivity index (χ4v) is 5.30. The molecule has 2 amide bonds. The molecule has 0 aromatic heterocycles. The highest BCUT2D eigenvalue weighted by molar-refractivity contribution is 6.35. The van der Waals surface area contributed by atoms with Crippen molar-refractivity contribution in [2.24, 2.45) is 0 Å². The Morgan fingerprint density at radius 3 is 2.28 bits per heavy atom. The van der Waals surface area contributed by atoms with Gasteiger partial charge in [0.2, 0.25) is 0 Å². The second-order valence-electron chi connectivity index (χ2n) is 8.91. The van der Waals surface area contributed by atoms with Crippen LogP contribution >= 0.6 is 23.2 Å². The van der Waals surface area contributed by atoms with E-state index in [-0.39, 0.29) is 12.6 Å². The van der Waals surface area contributed by atoms with Crippen LogP contribution in [0.2, 0.25) is 10.0 Å². The van der Waals surface area contributed by atoms with Gasteiger partial charge in [-0.2, -0.15) is 0 Å². The van der Waals surface area contributed by atoms with Gasteiger partial charge in [0, 0.05) is 61.6 Å². The summed E-state index contributed by atoms with van der Waals surface area (Å²) in [5.41, 5.74) is 2.97. The molecule has 36 heavy (non-hydrogen) atoms. The third-order valence-electron chi connectivity index (χ3n) is 6.61. The molecule has 0 bridgehead atoms. The van der Waals surface area contributed by atoms with Gasteiger partial charge in [-0.15, -0.1) is 0 Å². The van der Waals surface area contributed by atoms with Gasteiger partial charge in [0.15, 0.2) is 0 Å². The van der Waals surface area contributed by atoms with Crippen molar-refractivity contribution in [3.05, 3.63) is 81.0 Å². The first kappa shape index (κ1) is 26.5. The van der Waals surface area contributed by atoms with Crippen molar-refractivity contribution >= 4 is 35.2 Å². The number of likely N-dealkylation sites (N-methyl/N-ethyl adjacent to an activating group) is 1. The maximum atomic E-state index is 13.3. The number of ether oxygens (including phenoxy) is 1. The predicted molar refractivity (Wildman–Crippen MR) is 142 cm³/mol. The summed E-state index contributed by atoms with van der Waals surface area (Å²) in [6, 6.07) is 14.5. The van der Waals surface area contributed by atoms with Gasteiger partial charge in [-0.3, -0.25) is 14.7 Å². The SMILES string of the molecule is CCOC(=O)C1=C(CN2CCN(Cc3ccccc3)CC2)N(CC)C(=O)N[C@@H]1c1ccc(Cl)cc1Cl. The summed E-state index contributed by atoms with van der Waals surface area (Å²) in [5, 5.41) is 3.82. The summed E-state index contributed by atoms with van der Waals surface area (Å²) in [5.74, 6) is -0.454. The van der Waals surface area contributed by atoms with Gasteiger partial charge in [-0.1, -0.05) is 59.6 Å². The molecule has 2 heterocycles. The van der Waals surface area contributed by atoms with Crippen LogP contribution in [0.5, 0.6) is 0 Å². The number of benzene rings is 2. The van der Waals surface area contributed by atoms with E-state index in [1.54, 1.807) is 30.0 Å². The van der Waals surface area contributed by atoms with Gasteiger partial charge in [0.1, 0.15) is 0 Å². The van der Waals surface area contributed by atoms with Crippen LogP contribution in [-0.2, 0) is 16.1 Å². The second-order valence-corrected chi connectivity index (χ2v) is 9.75. The van der Waals surface area contributed by atoms with Crippen LogP contribution in [0.4, 0.5) is 4.79 Å². The largest absolute Gasteiger partial charge is 0.463 e. The fourth-order valence-electron chi connectivity index (χ4n) is 4.79. The Balaban J connectivity index is 1.61. The molecule has 2 aromatic carbocycles. The lowest BCUT2D eigenvalue weighted by Gasteiger charge is -2.40. The van der Waals surface area contributed by atoms with Crippen molar-refractivity contribution in [2.45, 2.75) is 26.4 Å². The lowest BCUT2D eigenvalue weighted by molar-refractivity contribution is -0.139. The maximum Gasteiger partial charge on any atom is 0.338 e. The zero-order chi connectivity index (χ0) is 25.7. The number of nitrogens with one attached hydrogen (secondary N) is 1. The Bertz CT molecular complexity index is 1120. The summed E-state index contributed by atoms with van der Waals surface area (Å²) < 4.78 is 5.46.